The van der Waals surface area contributed by atoms with E-state index >= 15 is 0 Å². The second-order valence-electron chi connectivity index (χ2n) is 6.24. The van der Waals surface area contributed by atoms with Crippen molar-refractivity contribution in [1.82, 2.24) is 5.32 Å². The molecular weight excluding hydrogens is 234 g/mol. The Balaban J connectivity index is 2.46. The Labute approximate surface area is 106 Å². The van der Waals surface area contributed by atoms with Crippen molar-refractivity contribution in [2.45, 2.75) is 63.7 Å². The summed E-state index contributed by atoms with van der Waals surface area (Å²) in [7, 11) is -0.943. The van der Waals surface area contributed by atoms with E-state index in [1.807, 2.05) is 7.05 Å². The fourth-order valence-corrected chi connectivity index (χ4v) is 3.70. The summed E-state index contributed by atoms with van der Waals surface area (Å²) in [5.74, 6) is 0.927. The van der Waals surface area contributed by atoms with E-state index in [-0.39, 0.29) is 0 Å². The quantitative estimate of drug-likeness (QED) is 0.845. The first kappa shape index (κ1) is 15.0. The van der Waals surface area contributed by atoms with Crippen LogP contribution in [-0.4, -0.2) is 32.0 Å². The molecular formula is C13H27NO2S. The summed E-state index contributed by atoms with van der Waals surface area (Å²) in [6, 6.07) is 0.589. The van der Waals surface area contributed by atoms with Gasteiger partial charge in [0.05, 0.1) is 10.5 Å². The number of rotatable bonds is 4. The maximum Gasteiger partial charge on any atom is 0.155 e. The van der Waals surface area contributed by atoms with Crippen molar-refractivity contribution in [1.29, 1.82) is 0 Å². The molecule has 0 bridgehead atoms. The van der Waals surface area contributed by atoms with Gasteiger partial charge in [0.25, 0.3) is 0 Å². The molecule has 1 aliphatic rings. The van der Waals surface area contributed by atoms with E-state index < -0.39 is 14.6 Å². The van der Waals surface area contributed by atoms with Gasteiger partial charge in [0.15, 0.2) is 9.84 Å². The molecule has 1 N–H and O–H groups in total. The molecule has 2 unspecified atom stereocenters. The molecule has 102 valence electrons. The van der Waals surface area contributed by atoms with Gasteiger partial charge in [-0.15, -0.1) is 0 Å². The molecule has 0 amide bonds. The SMILES string of the molecule is CNC1CCCC(CCS(=O)(=O)C(C)(C)C)C1. The van der Waals surface area contributed by atoms with E-state index in [2.05, 4.69) is 5.32 Å². The predicted molar refractivity (Wildman–Crippen MR) is 73.0 cm³/mol. The lowest BCUT2D eigenvalue weighted by Gasteiger charge is -2.29. The molecule has 1 saturated carbocycles. The summed E-state index contributed by atoms with van der Waals surface area (Å²) in [5.41, 5.74) is 0. The fourth-order valence-electron chi connectivity index (χ4n) is 2.44. The van der Waals surface area contributed by atoms with E-state index in [1.54, 1.807) is 20.8 Å². The zero-order chi connectivity index (χ0) is 13.1. The van der Waals surface area contributed by atoms with Crippen LogP contribution in [0.25, 0.3) is 0 Å². The lowest BCUT2D eigenvalue weighted by atomic mass is 9.84. The molecule has 0 aromatic carbocycles. The van der Waals surface area contributed by atoms with Gasteiger partial charge in [0.1, 0.15) is 0 Å². The van der Waals surface area contributed by atoms with Crippen LogP contribution in [0, 0.1) is 5.92 Å². The molecule has 1 rings (SSSR count). The Morgan fingerprint density at radius 1 is 1.24 bits per heavy atom. The first-order valence-corrected chi connectivity index (χ1v) is 8.31. The van der Waals surface area contributed by atoms with Crippen LogP contribution < -0.4 is 5.32 Å². The van der Waals surface area contributed by atoms with Crippen molar-refractivity contribution in [2.24, 2.45) is 5.92 Å². The molecule has 0 spiro atoms. The molecule has 3 nitrogen and oxygen atoms in total. The minimum absolute atomic E-state index is 0.345. The molecule has 0 aliphatic heterocycles. The van der Waals surface area contributed by atoms with E-state index in [1.165, 1.54) is 19.3 Å². The van der Waals surface area contributed by atoms with Gasteiger partial charge in [-0.25, -0.2) is 8.42 Å². The summed E-state index contributed by atoms with van der Waals surface area (Å²) in [6.45, 7) is 5.37. The lowest BCUT2D eigenvalue weighted by Crippen LogP contribution is -2.34. The summed E-state index contributed by atoms with van der Waals surface area (Å²) in [6.07, 6.45) is 5.62. The molecule has 0 aromatic rings. The standard InChI is InChI=1S/C13H27NO2S/c1-13(2,3)17(15,16)9-8-11-6-5-7-12(10-11)14-4/h11-12,14H,5-10H2,1-4H3. The van der Waals surface area contributed by atoms with Gasteiger partial charge in [-0.2, -0.15) is 0 Å². The van der Waals surface area contributed by atoms with Crippen LogP contribution in [0.2, 0.25) is 0 Å². The second kappa shape index (κ2) is 5.70. The first-order valence-electron chi connectivity index (χ1n) is 6.66. The zero-order valence-corrected chi connectivity index (χ0v) is 12.4. The highest BCUT2D eigenvalue weighted by Gasteiger charge is 2.30. The molecule has 0 saturated heterocycles. The number of hydrogen-bond donors (Lipinski definition) is 1. The number of hydrogen-bond acceptors (Lipinski definition) is 3. The van der Waals surface area contributed by atoms with Crippen molar-refractivity contribution < 1.29 is 8.42 Å². The minimum atomic E-state index is -2.94. The van der Waals surface area contributed by atoms with Crippen molar-refractivity contribution in [2.75, 3.05) is 12.8 Å². The minimum Gasteiger partial charge on any atom is -0.317 e. The third-order valence-corrected chi connectivity index (χ3v) is 6.56. The molecule has 4 heteroatoms. The summed E-state index contributed by atoms with van der Waals surface area (Å²) in [4.78, 5) is 0. The van der Waals surface area contributed by atoms with Crippen LogP contribution in [0.15, 0.2) is 0 Å². The van der Waals surface area contributed by atoms with Crippen LogP contribution in [-0.2, 0) is 9.84 Å². The van der Waals surface area contributed by atoms with E-state index in [0.717, 1.165) is 12.8 Å². The van der Waals surface area contributed by atoms with E-state index in [9.17, 15) is 8.42 Å². The maximum absolute atomic E-state index is 12.0. The van der Waals surface area contributed by atoms with Gasteiger partial charge in [0.2, 0.25) is 0 Å². The maximum atomic E-state index is 12.0. The number of sulfone groups is 1. The van der Waals surface area contributed by atoms with Crippen molar-refractivity contribution >= 4 is 9.84 Å². The average Bonchev–Trinajstić information content (AvgIpc) is 2.25. The third-order valence-electron chi connectivity index (χ3n) is 3.92. The first-order chi connectivity index (χ1) is 7.76. The monoisotopic (exact) mass is 261 g/mol. The molecule has 0 aromatic heterocycles. The Hall–Kier alpha value is -0.0900. The van der Waals surface area contributed by atoms with Gasteiger partial charge in [-0.05, 0) is 53.0 Å². The summed E-state index contributed by atoms with van der Waals surface area (Å²) in [5, 5.41) is 3.31. The molecule has 2 atom stereocenters. The molecule has 1 aliphatic carbocycles. The van der Waals surface area contributed by atoms with E-state index in [4.69, 9.17) is 0 Å². The fraction of sp³-hybridized carbons (Fsp3) is 1.00. The Kier molecular flexibility index (Phi) is 5.02. The molecule has 0 heterocycles. The van der Waals surface area contributed by atoms with Gasteiger partial charge < -0.3 is 5.32 Å². The Morgan fingerprint density at radius 3 is 2.41 bits per heavy atom. The smallest absolute Gasteiger partial charge is 0.155 e. The molecule has 17 heavy (non-hydrogen) atoms. The van der Waals surface area contributed by atoms with E-state index in [0.29, 0.717) is 17.7 Å². The average molecular weight is 261 g/mol. The highest BCUT2D eigenvalue weighted by Crippen LogP contribution is 2.28. The van der Waals surface area contributed by atoms with Gasteiger partial charge >= 0.3 is 0 Å². The van der Waals surface area contributed by atoms with Crippen LogP contribution in [0.5, 0.6) is 0 Å². The largest absolute Gasteiger partial charge is 0.317 e. The van der Waals surface area contributed by atoms with Gasteiger partial charge in [0, 0.05) is 6.04 Å². The normalized spacial score (nSPS) is 27.1. The second-order valence-corrected chi connectivity index (χ2v) is 9.10. The Bertz CT molecular complexity index is 330. The lowest BCUT2D eigenvalue weighted by molar-refractivity contribution is 0.289. The number of nitrogens with one attached hydrogen (secondary N) is 1. The summed E-state index contributed by atoms with van der Waals surface area (Å²) < 4.78 is 23.5. The molecule has 1 fully saturated rings. The van der Waals surface area contributed by atoms with Crippen molar-refractivity contribution in [3.63, 3.8) is 0 Å². The highest BCUT2D eigenvalue weighted by molar-refractivity contribution is 7.92. The van der Waals surface area contributed by atoms with Crippen LogP contribution >= 0.6 is 0 Å². The Morgan fingerprint density at radius 2 is 1.88 bits per heavy atom. The molecule has 0 radical (unpaired) electrons. The van der Waals surface area contributed by atoms with Crippen LogP contribution in [0.3, 0.4) is 0 Å². The van der Waals surface area contributed by atoms with Crippen molar-refractivity contribution in [3.8, 4) is 0 Å². The third kappa shape index (κ3) is 4.25. The van der Waals surface area contributed by atoms with Crippen LogP contribution in [0.1, 0.15) is 52.9 Å². The van der Waals surface area contributed by atoms with Crippen molar-refractivity contribution in [3.05, 3.63) is 0 Å². The zero-order valence-electron chi connectivity index (χ0n) is 11.6. The predicted octanol–water partition coefficient (Wildman–Crippen LogP) is 2.37. The summed E-state index contributed by atoms with van der Waals surface area (Å²) >= 11 is 0. The highest BCUT2D eigenvalue weighted by atomic mass is 32.2. The topological polar surface area (TPSA) is 46.2 Å². The van der Waals surface area contributed by atoms with Crippen LogP contribution in [0.4, 0.5) is 0 Å². The van der Waals surface area contributed by atoms with Gasteiger partial charge in [-0.3, -0.25) is 0 Å². The van der Waals surface area contributed by atoms with Gasteiger partial charge in [-0.1, -0.05) is 12.8 Å².